The Kier molecular flexibility index (Phi) is 2.77. The summed E-state index contributed by atoms with van der Waals surface area (Å²) in [5.74, 6) is -0.522. The number of nitrogens with zero attached hydrogens (tertiary/aromatic N) is 4. The Hall–Kier alpha value is -1.64. The second kappa shape index (κ2) is 3.99. The van der Waals surface area contributed by atoms with E-state index in [4.69, 9.17) is 5.73 Å². The van der Waals surface area contributed by atoms with E-state index < -0.39 is 11.7 Å². The fourth-order valence-corrected chi connectivity index (χ4v) is 1.66. The van der Waals surface area contributed by atoms with E-state index in [2.05, 4.69) is 31.0 Å². The quantitative estimate of drug-likeness (QED) is 0.875. The summed E-state index contributed by atoms with van der Waals surface area (Å²) in [5, 5.41) is 3.63. The van der Waals surface area contributed by atoms with Crippen molar-refractivity contribution in [3.63, 3.8) is 0 Å². The maximum absolute atomic E-state index is 12.7. The maximum Gasteiger partial charge on any atom is 0.420 e. The van der Waals surface area contributed by atoms with Crippen LogP contribution in [0.25, 0.3) is 5.82 Å². The van der Waals surface area contributed by atoms with Crippen molar-refractivity contribution in [2.45, 2.75) is 6.18 Å². The van der Waals surface area contributed by atoms with Gasteiger partial charge in [0.1, 0.15) is 5.56 Å². The van der Waals surface area contributed by atoms with Crippen molar-refractivity contribution < 1.29 is 13.2 Å². The van der Waals surface area contributed by atoms with Crippen molar-refractivity contribution in [2.24, 2.45) is 0 Å². The predicted molar refractivity (Wildman–Crippen MR) is 56.3 cm³/mol. The molecule has 0 fully saturated rings. The molecule has 0 aliphatic rings. The van der Waals surface area contributed by atoms with Crippen LogP contribution in [-0.2, 0) is 6.18 Å². The summed E-state index contributed by atoms with van der Waals surface area (Å²) in [6.07, 6.45) is -3.29. The van der Waals surface area contributed by atoms with Crippen molar-refractivity contribution in [1.82, 2.24) is 19.7 Å². The first-order valence-electron chi connectivity index (χ1n) is 4.30. The highest BCUT2D eigenvalue weighted by molar-refractivity contribution is 9.10. The van der Waals surface area contributed by atoms with E-state index in [1.54, 1.807) is 0 Å². The van der Waals surface area contributed by atoms with Gasteiger partial charge in [-0.05, 0) is 28.1 Å². The smallest absolute Gasteiger partial charge is 0.366 e. The maximum atomic E-state index is 12.7. The normalized spacial score (nSPS) is 11.8. The number of hydrogen-bond donors (Lipinski definition) is 1. The summed E-state index contributed by atoms with van der Waals surface area (Å²) in [6, 6.07) is 2.10. The molecule has 90 valence electrons. The molecule has 0 saturated heterocycles. The molecule has 0 aromatic carbocycles. The van der Waals surface area contributed by atoms with E-state index in [9.17, 15) is 13.2 Å². The molecule has 0 atom stereocenters. The lowest BCUT2D eigenvalue weighted by atomic mass is 10.2. The van der Waals surface area contributed by atoms with Crippen molar-refractivity contribution in [1.29, 1.82) is 0 Å². The first-order valence-corrected chi connectivity index (χ1v) is 5.09. The molecule has 2 aromatic heterocycles. The molecule has 0 bridgehead atoms. The number of alkyl halides is 3. The molecule has 2 N–H and O–H groups in total. The molecule has 0 saturated carbocycles. The molecule has 2 aromatic rings. The van der Waals surface area contributed by atoms with Gasteiger partial charge >= 0.3 is 6.18 Å². The van der Waals surface area contributed by atoms with Gasteiger partial charge in [0.05, 0.1) is 0 Å². The van der Waals surface area contributed by atoms with Gasteiger partial charge in [-0.1, -0.05) is 0 Å². The van der Waals surface area contributed by atoms with Gasteiger partial charge in [0.15, 0.2) is 5.82 Å². The highest BCUT2D eigenvalue weighted by Crippen LogP contribution is 2.33. The average Bonchev–Trinajstić information content (AvgIpc) is 2.56. The largest absolute Gasteiger partial charge is 0.420 e. The summed E-state index contributed by atoms with van der Waals surface area (Å²) >= 11 is 2.96. The van der Waals surface area contributed by atoms with E-state index >= 15 is 0 Å². The lowest BCUT2D eigenvalue weighted by Crippen LogP contribution is -2.13. The number of anilines is 1. The molecule has 2 heterocycles. The van der Waals surface area contributed by atoms with Gasteiger partial charge < -0.3 is 5.73 Å². The Morgan fingerprint density at radius 2 is 2.06 bits per heavy atom. The third-order valence-corrected chi connectivity index (χ3v) is 2.39. The van der Waals surface area contributed by atoms with Gasteiger partial charge in [-0.15, -0.1) is 5.10 Å². The second-order valence-electron chi connectivity index (χ2n) is 3.02. The minimum atomic E-state index is -4.52. The Bertz CT molecular complexity index is 550. The molecule has 0 spiro atoms. The van der Waals surface area contributed by atoms with Crippen LogP contribution in [0.3, 0.4) is 0 Å². The fourth-order valence-electron chi connectivity index (χ4n) is 1.23. The molecule has 0 unspecified atom stereocenters. The van der Waals surface area contributed by atoms with Crippen LogP contribution in [0.4, 0.5) is 19.1 Å². The molecular formula is C8H5BrF3N5. The number of aromatic nitrogens is 4. The van der Waals surface area contributed by atoms with E-state index in [1.165, 1.54) is 12.3 Å². The van der Waals surface area contributed by atoms with Gasteiger partial charge in [-0.3, -0.25) is 0 Å². The first kappa shape index (κ1) is 11.8. The van der Waals surface area contributed by atoms with Crippen LogP contribution in [-0.4, -0.2) is 19.7 Å². The molecule has 17 heavy (non-hydrogen) atoms. The molecule has 5 nitrogen and oxygen atoms in total. The minimum absolute atomic E-state index is 0.0548. The first-order chi connectivity index (χ1) is 7.89. The molecule has 0 aliphatic heterocycles. The van der Waals surface area contributed by atoms with Crippen molar-refractivity contribution >= 4 is 21.9 Å². The van der Waals surface area contributed by atoms with Crippen LogP contribution in [0.5, 0.6) is 0 Å². The van der Waals surface area contributed by atoms with Crippen LogP contribution in [0, 0.1) is 0 Å². The van der Waals surface area contributed by atoms with E-state index in [-0.39, 0.29) is 16.5 Å². The van der Waals surface area contributed by atoms with Crippen LogP contribution in [0.2, 0.25) is 0 Å². The number of pyridine rings is 1. The summed E-state index contributed by atoms with van der Waals surface area (Å²) in [4.78, 5) is 7.29. The van der Waals surface area contributed by atoms with Crippen molar-refractivity contribution in [3.05, 3.63) is 28.6 Å². The Labute approximate surface area is 102 Å². The standard InChI is InChI=1S/C8H5BrF3N5/c9-6-15-7(13)16-17(6)5-4(8(10,11)12)2-1-3-14-5/h1-3H,(H2,13,16). The third kappa shape index (κ3) is 2.23. The van der Waals surface area contributed by atoms with Gasteiger partial charge in [-0.25, -0.2) is 4.98 Å². The highest BCUT2D eigenvalue weighted by Gasteiger charge is 2.35. The lowest BCUT2D eigenvalue weighted by Gasteiger charge is -2.10. The summed E-state index contributed by atoms with van der Waals surface area (Å²) in [5.41, 5.74) is 4.38. The number of nitrogen functional groups attached to an aromatic ring is 1. The van der Waals surface area contributed by atoms with Crippen LogP contribution >= 0.6 is 15.9 Å². The Morgan fingerprint density at radius 3 is 2.59 bits per heavy atom. The monoisotopic (exact) mass is 307 g/mol. The Balaban J connectivity index is 2.64. The molecule has 9 heteroatoms. The number of halogens is 4. The zero-order valence-corrected chi connectivity index (χ0v) is 9.70. The highest BCUT2D eigenvalue weighted by atomic mass is 79.9. The summed E-state index contributed by atoms with van der Waals surface area (Å²) < 4.78 is 39.1. The van der Waals surface area contributed by atoms with Crippen LogP contribution in [0.15, 0.2) is 23.1 Å². The molecule has 0 amide bonds. The van der Waals surface area contributed by atoms with E-state index in [1.807, 2.05) is 0 Å². The molecule has 0 aliphatic carbocycles. The summed E-state index contributed by atoms with van der Waals surface area (Å²) in [6.45, 7) is 0. The SMILES string of the molecule is Nc1nc(Br)n(-c2ncccc2C(F)(F)F)n1. The van der Waals surface area contributed by atoms with Crippen molar-refractivity contribution in [3.8, 4) is 5.82 Å². The number of rotatable bonds is 1. The second-order valence-corrected chi connectivity index (χ2v) is 3.73. The predicted octanol–water partition coefficient (Wildman–Crippen LogP) is 2.03. The molecular weight excluding hydrogens is 303 g/mol. The van der Waals surface area contributed by atoms with E-state index in [0.717, 1.165) is 10.7 Å². The third-order valence-electron chi connectivity index (χ3n) is 1.88. The fraction of sp³-hybridized carbons (Fsp3) is 0.125. The lowest BCUT2D eigenvalue weighted by molar-refractivity contribution is -0.137. The summed E-state index contributed by atoms with van der Waals surface area (Å²) in [7, 11) is 0. The zero-order valence-electron chi connectivity index (χ0n) is 8.11. The zero-order chi connectivity index (χ0) is 12.6. The van der Waals surface area contributed by atoms with Gasteiger partial charge in [0, 0.05) is 6.20 Å². The minimum Gasteiger partial charge on any atom is -0.366 e. The van der Waals surface area contributed by atoms with Crippen LogP contribution < -0.4 is 5.73 Å². The van der Waals surface area contributed by atoms with E-state index in [0.29, 0.717) is 0 Å². The Morgan fingerprint density at radius 1 is 1.35 bits per heavy atom. The average molecular weight is 308 g/mol. The van der Waals surface area contributed by atoms with Crippen LogP contribution in [0.1, 0.15) is 5.56 Å². The van der Waals surface area contributed by atoms with Gasteiger partial charge in [0.2, 0.25) is 10.7 Å². The molecule has 2 rings (SSSR count). The van der Waals surface area contributed by atoms with Gasteiger partial charge in [-0.2, -0.15) is 22.8 Å². The molecule has 0 radical (unpaired) electrons. The topological polar surface area (TPSA) is 69.6 Å². The van der Waals surface area contributed by atoms with Crippen molar-refractivity contribution in [2.75, 3.05) is 5.73 Å². The number of nitrogens with two attached hydrogens (primary N) is 1. The van der Waals surface area contributed by atoms with Gasteiger partial charge in [0.25, 0.3) is 0 Å². The number of hydrogen-bond acceptors (Lipinski definition) is 4.